The van der Waals surface area contributed by atoms with Gasteiger partial charge >= 0.3 is 6.09 Å². The van der Waals surface area contributed by atoms with Crippen LogP contribution in [0.4, 0.5) is 4.79 Å². The molecule has 32 heavy (non-hydrogen) atoms. The number of rotatable bonds is 2. The van der Waals surface area contributed by atoms with E-state index in [0.717, 1.165) is 37.7 Å². The van der Waals surface area contributed by atoms with Crippen LogP contribution < -0.4 is 4.74 Å². The van der Waals surface area contributed by atoms with Gasteiger partial charge in [0.2, 0.25) is 0 Å². The highest BCUT2D eigenvalue weighted by atomic mass is 16.6. The monoisotopic (exact) mass is 430 g/mol. The van der Waals surface area contributed by atoms with Crippen LogP contribution in [0, 0.1) is 11.8 Å². The van der Waals surface area contributed by atoms with Gasteiger partial charge < -0.3 is 19.5 Å². The van der Waals surface area contributed by atoms with E-state index in [9.17, 15) is 9.90 Å². The third kappa shape index (κ3) is 2.30. The number of amides is 1. The van der Waals surface area contributed by atoms with Gasteiger partial charge in [-0.2, -0.15) is 0 Å². The Balaban J connectivity index is 1.21. The van der Waals surface area contributed by atoms with Gasteiger partial charge in [0.05, 0.1) is 6.04 Å². The molecule has 0 radical (unpaired) electrons. The van der Waals surface area contributed by atoms with Crippen LogP contribution in [0.3, 0.4) is 0 Å². The second kappa shape index (κ2) is 6.50. The van der Waals surface area contributed by atoms with Crippen LogP contribution in [-0.4, -0.2) is 39.8 Å². The van der Waals surface area contributed by atoms with Crippen molar-refractivity contribution in [3.05, 3.63) is 65.5 Å². The van der Waals surface area contributed by atoms with Crippen molar-refractivity contribution >= 4 is 6.09 Å². The highest BCUT2D eigenvalue weighted by Gasteiger charge is 2.65. The van der Waals surface area contributed by atoms with Crippen LogP contribution in [0.5, 0.6) is 11.5 Å². The molecule has 1 N–H and O–H groups in total. The number of likely N-dealkylation sites (tertiary alicyclic amines) is 1. The minimum atomic E-state index is -0.467. The van der Waals surface area contributed by atoms with E-state index in [1.165, 1.54) is 11.1 Å². The average Bonchev–Trinajstić information content (AvgIpc) is 3.50. The van der Waals surface area contributed by atoms with Crippen molar-refractivity contribution in [2.75, 3.05) is 6.54 Å². The molecule has 164 valence electrons. The molecular formula is C26H26N2O4. The molecule has 1 aromatic heterocycles. The Bertz CT molecular complexity index is 1130. The number of aromatic hydroxyl groups is 1. The number of aromatic nitrogens is 1. The van der Waals surface area contributed by atoms with Crippen molar-refractivity contribution < 1.29 is 19.4 Å². The predicted octanol–water partition coefficient (Wildman–Crippen LogP) is 4.28. The highest BCUT2D eigenvalue weighted by molar-refractivity contribution is 5.70. The van der Waals surface area contributed by atoms with E-state index < -0.39 is 6.10 Å². The van der Waals surface area contributed by atoms with Crippen LogP contribution in [0.15, 0.2) is 48.8 Å². The number of ether oxygens (including phenoxy) is 2. The van der Waals surface area contributed by atoms with Crippen molar-refractivity contribution in [3.63, 3.8) is 0 Å². The molecule has 5 aliphatic rings. The van der Waals surface area contributed by atoms with Gasteiger partial charge in [-0.05, 0) is 73.3 Å². The van der Waals surface area contributed by atoms with Crippen molar-refractivity contribution in [1.29, 1.82) is 0 Å². The minimum absolute atomic E-state index is 0.00226. The zero-order chi connectivity index (χ0) is 21.4. The molecule has 1 amide bonds. The van der Waals surface area contributed by atoms with Gasteiger partial charge in [0.15, 0.2) is 17.6 Å². The van der Waals surface area contributed by atoms with E-state index in [4.69, 9.17) is 9.47 Å². The summed E-state index contributed by atoms with van der Waals surface area (Å²) in [6.07, 6.45) is 11.9. The van der Waals surface area contributed by atoms with E-state index in [1.807, 2.05) is 29.3 Å². The maximum Gasteiger partial charge on any atom is 0.411 e. The Hall–Kier alpha value is -3.02. The minimum Gasteiger partial charge on any atom is -0.504 e. The van der Waals surface area contributed by atoms with E-state index in [1.54, 1.807) is 12.3 Å². The molecule has 3 aliphatic carbocycles. The van der Waals surface area contributed by atoms with Gasteiger partial charge in [-0.3, -0.25) is 4.98 Å². The molecule has 3 heterocycles. The molecule has 2 bridgehead atoms. The SMILES string of the molecule is O=C(O[C@H]1C=C[C@H]2[C@@H]3CCC24c2c(ccc(O)c2O[C@@H]14)C3)N1CCC[C@H]1c1cccnc1. The predicted molar refractivity (Wildman–Crippen MR) is 116 cm³/mol. The first-order valence-corrected chi connectivity index (χ1v) is 11.7. The summed E-state index contributed by atoms with van der Waals surface area (Å²) in [5.74, 6) is 1.77. The first-order valence-electron chi connectivity index (χ1n) is 11.7. The molecule has 6 atom stereocenters. The molecule has 1 unspecified atom stereocenters. The zero-order valence-corrected chi connectivity index (χ0v) is 17.8. The van der Waals surface area contributed by atoms with Gasteiger partial charge in [0, 0.05) is 29.9 Å². The molecule has 1 saturated heterocycles. The van der Waals surface area contributed by atoms with Gasteiger partial charge in [-0.25, -0.2) is 4.79 Å². The molecule has 6 heteroatoms. The Labute approximate surface area is 186 Å². The lowest BCUT2D eigenvalue weighted by molar-refractivity contribution is -0.0157. The number of hydrogen-bond acceptors (Lipinski definition) is 5. The molecule has 1 aromatic carbocycles. The lowest BCUT2D eigenvalue weighted by Gasteiger charge is -2.45. The number of carbonyl (C=O) groups excluding carboxylic acids is 1. The summed E-state index contributed by atoms with van der Waals surface area (Å²) in [4.78, 5) is 19.4. The first kappa shape index (κ1) is 18.5. The number of benzene rings is 1. The zero-order valence-electron chi connectivity index (χ0n) is 17.8. The van der Waals surface area contributed by atoms with Crippen LogP contribution in [0.2, 0.25) is 0 Å². The van der Waals surface area contributed by atoms with Gasteiger partial charge in [0.1, 0.15) is 6.10 Å². The Morgan fingerprint density at radius 3 is 3.06 bits per heavy atom. The fourth-order valence-corrected chi connectivity index (χ4v) is 7.32. The Kier molecular flexibility index (Phi) is 3.77. The second-order valence-corrected chi connectivity index (χ2v) is 9.93. The van der Waals surface area contributed by atoms with E-state index >= 15 is 0 Å². The summed E-state index contributed by atoms with van der Waals surface area (Å²) >= 11 is 0. The largest absolute Gasteiger partial charge is 0.504 e. The Morgan fingerprint density at radius 1 is 1.25 bits per heavy atom. The number of carbonyl (C=O) groups is 1. The average molecular weight is 431 g/mol. The lowest BCUT2D eigenvalue weighted by atomic mass is 9.59. The fraction of sp³-hybridized carbons (Fsp3) is 0.462. The molecule has 2 aliphatic heterocycles. The molecule has 6 nitrogen and oxygen atoms in total. The summed E-state index contributed by atoms with van der Waals surface area (Å²) in [5.41, 5.74) is 3.31. The third-order valence-corrected chi connectivity index (χ3v) is 8.55. The molecule has 7 rings (SSSR count). The normalized spacial score (nSPS) is 35.5. The number of phenolic OH excluding ortho intramolecular Hbond substituents is 1. The number of pyridine rings is 1. The van der Waals surface area contributed by atoms with Crippen LogP contribution in [-0.2, 0) is 16.6 Å². The van der Waals surface area contributed by atoms with E-state index in [2.05, 4.69) is 17.1 Å². The molecule has 1 saturated carbocycles. The lowest BCUT2D eigenvalue weighted by Crippen LogP contribution is -2.54. The van der Waals surface area contributed by atoms with Gasteiger partial charge in [0.25, 0.3) is 0 Å². The van der Waals surface area contributed by atoms with Crippen molar-refractivity contribution in [3.8, 4) is 11.5 Å². The van der Waals surface area contributed by atoms with Crippen molar-refractivity contribution in [1.82, 2.24) is 9.88 Å². The van der Waals surface area contributed by atoms with E-state index in [-0.39, 0.29) is 29.4 Å². The Morgan fingerprint density at radius 2 is 2.19 bits per heavy atom. The van der Waals surface area contributed by atoms with Crippen LogP contribution >= 0.6 is 0 Å². The fourth-order valence-electron chi connectivity index (χ4n) is 7.32. The van der Waals surface area contributed by atoms with Crippen LogP contribution in [0.1, 0.15) is 48.4 Å². The van der Waals surface area contributed by atoms with Crippen molar-refractivity contribution in [2.45, 2.75) is 55.8 Å². The highest BCUT2D eigenvalue weighted by Crippen LogP contribution is 2.66. The summed E-state index contributed by atoms with van der Waals surface area (Å²) < 4.78 is 12.6. The maximum absolute atomic E-state index is 13.3. The number of hydrogen-bond donors (Lipinski definition) is 1. The van der Waals surface area contributed by atoms with Crippen LogP contribution in [0.25, 0.3) is 0 Å². The quantitative estimate of drug-likeness (QED) is 0.720. The molecular weight excluding hydrogens is 404 g/mol. The summed E-state index contributed by atoms with van der Waals surface area (Å²) in [7, 11) is 0. The summed E-state index contributed by atoms with van der Waals surface area (Å²) in [6, 6.07) is 7.73. The molecule has 1 spiro atoms. The number of nitrogens with zero attached hydrogens (tertiary/aromatic N) is 2. The summed E-state index contributed by atoms with van der Waals surface area (Å²) in [5, 5.41) is 10.6. The van der Waals surface area contributed by atoms with Gasteiger partial charge in [-0.1, -0.05) is 18.2 Å². The van der Waals surface area contributed by atoms with Gasteiger partial charge in [-0.15, -0.1) is 0 Å². The third-order valence-electron chi connectivity index (χ3n) is 8.55. The maximum atomic E-state index is 13.3. The van der Waals surface area contributed by atoms with Crippen molar-refractivity contribution in [2.24, 2.45) is 11.8 Å². The summed E-state index contributed by atoms with van der Waals surface area (Å²) in [6.45, 7) is 0.682. The second-order valence-electron chi connectivity index (χ2n) is 9.93. The molecule has 2 aromatic rings. The molecule has 2 fully saturated rings. The number of phenols is 1. The standard InChI is InChI=1S/C26H26N2O4/c29-20-7-5-16-13-15-9-10-26-18(15)6-8-21(24(26)32-23(20)22(16)26)31-25(30)28-12-2-4-19(28)17-3-1-11-27-14-17/h1,3,5-8,11,14-15,18-19,21,24,29H,2,4,9-10,12-13H2/t15-,18+,19+,21+,24+,26?/m1/s1. The number of allylic oxidation sites excluding steroid dienone is 1. The first-order chi connectivity index (χ1) is 15.7. The topological polar surface area (TPSA) is 71.9 Å². The smallest absolute Gasteiger partial charge is 0.411 e. The van der Waals surface area contributed by atoms with E-state index in [0.29, 0.717) is 24.1 Å².